The van der Waals surface area contributed by atoms with Crippen LogP contribution in [0.1, 0.15) is 24.0 Å². The Bertz CT molecular complexity index is 937. The van der Waals surface area contributed by atoms with Crippen LogP contribution in [-0.2, 0) is 9.59 Å². The van der Waals surface area contributed by atoms with Crippen molar-refractivity contribution >= 4 is 28.6 Å². The van der Waals surface area contributed by atoms with E-state index >= 15 is 0 Å². The molecule has 1 fully saturated rings. The van der Waals surface area contributed by atoms with E-state index in [-0.39, 0.29) is 22.7 Å². The van der Waals surface area contributed by atoms with Crippen molar-refractivity contribution < 1.29 is 14.5 Å². The molecular weight excluding hydrogens is 310 g/mol. The van der Waals surface area contributed by atoms with Gasteiger partial charge in [0.1, 0.15) is 5.70 Å². The second-order valence-electron chi connectivity index (χ2n) is 5.91. The van der Waals surface area contributed by atoms with Crippen molar-refractivity contribution in [1.82, 2.24) is 5.32 Å². The third-order valence-electron chi connectivity index (χ3n) is 4.41. The maximum absolute atomic E-state index is 12.6. The van der Waals surface area contributed by atoms with Crippen molar-refractivity contribution in [1.29, 1.82) is 0 Å². The van der Waals surface area contributed by atoms with Gasteiger partial charge in [0.2, 0.25) is 5.78 Å². The second kappa shape index (κ2) is 4.89. The van der Waals surface area contributed by atoms with Gasteiger partial charge in [-0.05, 0) is 25.8 Å². The predicted octanol–water partition coefficient (Wildman–Crippen LogP) is 2.34. The molecule has 0 saturated carbocycles. The summed E-state index contributed by atoms with van der Waals surface area (Å²) in [5.74, 6) is -0.678. The van der Waals surface area contributed by atoms with Crippen molar-refractivity contribution in [2.24, 2.45) is 0 Å². The largest absolute Gasteiger partial charge is 0.351 e. The lowest BCUT2D eigenvalue weighted by Crippen LogP contribution is -2.14. The Morgan fingerprint density at radius 1 is 1.12 bits per heavy atom. The maximum atomic E-state index is 12.6. The summed E-state index contributed by atoms with van der Waals surface area (Å²) in [5.41, 5.74) is 2.85. The molecular formula is C17H13N3O4. The summed E-state index contributed by atoms with van der Waals surface area (Å²) < 4.78 is 0. The van der Waals surface area contributed by atoms with Gasteiger partial charge >= 0.3 is 0 Å². The predicted molar refractivity (Wildman–Crippen MR) is 86.9 cm³/mol. The van der Waals surface area contributed by atoms with Crippen molar-refractivity contribution in [3.63, 3.8) is 0 Å². The molecule has 2 aliphatic heterocycles. The molecule has 0 atom stereocenters. The van der Waals surface area contributed by atoms with E-state index < -0.39 is 10.8 Å². The lowest BCUT2D eigenvalue weighted by Gasteiger charge is -2.05. The minimum atomic E-state index is -0.491. The lowest BCUT2D eigenvalue weighted by molar-refractivity contribution is -0.385. The van der Waals surface area contributed by atoms with Gasteiger partial charge < -0.3 is 10.6 Å². The number of nitro benzene ring substituents is 1. The number of carbonyl (C=O) groups is 2. The zero-order valence-electron chi connectivity index (χ0n) is 12.8. The molecule has 1 saturated heterocycles. The summed E-state index contributed by atoms with van der Waals surface area (Å²) in [6.07, 6.45) is 5.38. The van der Waals surface area contributed by atoms with Crippen LogP contribution >= 0.6 is 0 Å². The van der Waals surface area contributed by atoms with Gasteiger partial charge in [-0.1, -0.05) is 12.2 Å². The molecule has 0 radical (unpaired) electrons. The molecule has 0 aromatic heterocycles. The number of hydrogen-bond donors (Lipinski definition) is 2. The maximum Gasteiger partial charge on any atom is 0.273 e. The van der Waals surface area contributed by atoms with Crippen LogP contribution in [0.25, 0.3) is 5.57 Å². The highest BCUT2D eigenvalue weighted by Crippen LogP contribution is 2.40. The Balaban J connectivity index is 1.93. The van der Waals surface area contributed by atoms with Gasteiger partial charge in [0, 0.05) is 34.2 Å². The Kier molecular flexibility index (Phi) is 2.93. The van der Waals surface area contributed by atoms with Crippen LogP contribution in [0.2, 0.25) is 0 Å². The van der Waals surface area contributed by atoms with E-state index in [1.807, 2.05) is 12.2 Å². The standard InChI is InChI=1S/C17H13N3O4/c1-8-6-12-10(7-13(8)20(23)24)14(17(22)19-12)15-16(21)9-4-2-3-5-11(9)18-15/h4-7,18H,2-3H2,1H3,(H,19,22)/b15-14-. The van der Waals surface area contributed by atoms with Gasteiger partial charge in [-0.3, -0.25) is 19.7 Å². The van der Waals surface area contributed by atoms with E-state index in [0.29, 0.717) is 28.1 Å². The number of anilines is 1. The molecule has 1 aromatic carbocycles. The van der Waals surface area contributed by atoms with Gasteiger partial charge in [-0.25, -0.2) is 0 Å². The summed E-state index contributed by atoms with van der Waals surface area (Å²) in [7, 11) is 0. The molecule has 120 valence electrons. The van der Waals surface area contributed by atoms with Crippen LogP contribution in [0.3, 0.4) is 0 Å². The third-order valence-corrected chi connectivity index (χ3v) is 4.41. The monoisotopic (exact) mass is 323 g/mol. The van der Waals surface area contributed by atoms with Crippen LogP contribution in [0.15, 0.2) is 41.3 Å². The number of nitrogens with one attached hydrogen (secondary N) is 2. The summed E-state index contributed by atoms with van der Waals surface area (Å²) in [6.45, 7) is 1.61. The first-order valence-corrected chi connectivity index (χ1v) is 7.55. The average Bonchev–Trinajstić information content (AvgIpc) is 3.02. The lowest BCUT2D eigenvalue weighted by atomic mass is 9.98. The fraction of sp³-hybridized carbons (Fsp3) is 0.176. The smallest absolute Gasteiger partial charge is 0.273 e. The molecule has 7 heteroatoms. The van der Waals surface area contributed by atoms with Crippen molar-refractivity contribution in [2.45, 2.75) is 19.8 Å². The van der Waals surface area contributed by atoms with E-state index in [1.54, 1.807) is 13.0 Å². The average molecular weight is 323 g/mol. The highest BCUT2D eigenvalue weighted by Gasteiger charge is 2.38. The highest BCUT2D eigenvalue weighted by molar-refractivity contribution is 6.37. The number of aryl methyl sites for hydroxylation is 1. The molecule has 24 heavy (non-hydrogen) atoms. The number of hydrogen-bond acceptors (Lipinski definition) is 5. The summed E-state index contributed by atoms with van der Waals surface area (Å²) in [4.78, 5) is 35.7. The number of allylic oxidation sites excluding steroid dienone is 4. The molecule has 0 spiro atoms. The number of nitro groups is 1. The fourth-order valence-electron chi connectivity index (χ4n) is 3.27. The summed E-state index contributed by atoms with van der Waals surface area (Å²) in [6, 6.07) is 2.91. The van der Waals surface area contributed by atoms with Crippen LogP contribution in [-0.4, -0.2) is 16.6 Å². The van der Waals surface area contributed by atoms with Crippen molar-refractivity contribution in [2.75, 3.05) is 5.32 Å². The normalized spacial score (nSPS) is 21.5. The third kappa shape index (κ3) is 1.91. The van der Waals surface area contributed by atoms with E-state index in [9.17, 15) is 19.7 Å². The zero-order valence-corrected chi connectivity index (χ0v) is 12.8. The molecule has 2 heterocycles. The molecule has 1 amide bonds. The number of Topliss-reactive ketones (excluding diaryl/α,β-unsaturated/α-hetero) is 1. The van der Waals surface area contributed by atoms with Crippen molar-refractivity contribution in [3.8, 4) is 0 Å². The number of carbonyl (C=O) groups excluding carboxylic acids is 2. The molecule has 2 N–H and O–H groups in total. The zero-order chi connectivity index (χ0) is 17.0. The molecule has 1 aliphatic carbocycles. The minimum absolute atomic E-state index is 0.0790. The van der Waals surface area contributed by atoms with Gasteiger partial charge in [0.05, 0.1) is 10.5 Å². The summed E-state index contributed by atoms with van der Waals surface area (Å²) >= 11 is 0. The van der Waals surface area contributed by atoms with E-state index in [2.05, 4.69) is 10.6 Å². The topological polar surface area (TPSA) is 101 Å². The molecule has 1 aromatic rings. The number of ketones is 1. The number of nitrogens with zero attached hydrogens (tertiary/aromatic N) is 1. The van der Waals surface area contributed by atoms with Crippen LogP contribution in [0.4, 0.5) is 11.4 Å². The number of fused-ring (bicyclic) bond motifs is 2. The molecule has 3 aliphatic rings. The van der Waals surface area contributed by atoms with Gasteiger partial charge in [0.15, 0.2) is 0 Å². The van der Waals surface area contributed by atoms with Crippen LogP contribution < -0.4 is 10.6 Å². The quantitative estimate of drug-likeness (QED) is 0.469. The van der Waals surface area contributed by atoms with E-state index in [1.165, 1.54) is 6.07 Å². The number of benzene rings is 1. The molecule has 4 rings (SSSR count). The van der Waals surface area contributed by atoms with E-state index in [4.69, 9.17) is 0 Å². The first kappa shape index (κ1) is 14.4. The molecule has 0 bridgehead atoms. The Morgan fingerprint density at radius 2 is 1.88 bits per heavy atom. The first-order chi connectivity index (χ1) is 11.5. The fourth-order valence-corrected chi connectivity index (χ4v) is 3.27. The SMILES string of the molecule is Cc1cc2c(cc1[N+](=O)[O-])/C(=C1/NC3=CCCC=C3C1=O)C(=O)N2. The van der Waals surface area contributed by atoms with Crippen LogP contribution in [0.5, 0.6) is 0 Å². The molecule has 0 unspecified atom stereocenters. The Hall–Kier alpha value is -3.22. The highest BCUT2D eigenvalue weighted by atomic mass is 16.6. The minimum Gasteiger partial charge on any atom is -0.351 e. The Labute approximate surface area is 136 Å². The molecule has 7 nitrogen and oxygen atoms in total. The number of amides is 1. The van der Waals surface area contributed by atoms with Crippen molar-refractivity contribution in [3.05, 3.63) is 62.5 Å². The van der Waals surface area contributed by atoms with Crippen LogP contribution in [0, 0.1) is 17.0 Å². The summed E-state index contributed by atoms with van der Waals surface area (Å²) in [5, 5.41) is 16.9. The van der Waals surface area contributed by atoms with Gasteiger partial charge in [0.25, 0.3) is 11.6 Å². The van der Waals surface area contributed by atoms with Gasteiger partial charge in [-0.2, -0.15) is 0 Å². The Morgan fingerprint density at radius 3 is 2.58 bits per heavy atom. The van der Waals surface area contributed by atoms with E-state index in [0.717, 1.165) is 12.8 Å². The van der Waals surface area contributed by atoms with Gasteiger partial charge in [-0.15, -0.1) is 0 Å². The number of rotatable bonds is 1. The first-order valence-electron chi connectivity index (χ1n) is 7.55. The second-order valence-corrected chi connectivity index (χ2v) is 5.91.